The highest BCUT2D eigenvalue weighted by molar-refractivity contribution is 5.58. The van der Waals surface area contributed by atoms with E-state index in [-0.39, 0.29) is 18.1 Å². The van der Waals surface area contributed by atoms with Gasteiger partial charge in [-0.05, 0) is 0 Å². The molecule has 8 nitrogen and oxygen atoms in total. The normalized spacial score (nSPS) is 31.1. The van der Waals surface area contributed by atoms with Crippen LogP contribution in [0.5, 0.6) is 0 Å². The van der Waals surface area contributed by atoms with Gasteiger partial charge >= 0.3 is 0 Å². The number of nitrogens with zero attached hydrogens (tertiary/aromatic N) is 4. The van der Waals surface area contributed by atoms with Crippen molar-refractivity contribution >= 4 is 11.5 Å². The molecule has 2 aromatic heterocycles. The molecule has 0 aromatic carbocycles. The third-order valence-electron chi connectivity index (χ3n) is 3.21. The molecule has 1 aliphatic rings. The van der Waals surface area contributed by atoms with Crippen LogP contribution in [0, 0.1) is 0 Å². The van der Waals surface area contributed by atoms with Crippen molar-refractivity contribution < 1.29 is 19.3 Å². The van der Waals surface area contributed by atoms with Gasteiger partial charge in [-0.25, -0.2) is 18.9 Å². The molecule has 102 valence electrons. The van der Waals surface area contributed by atoms with Gasteiger partial charge in [0, 0.05) is 0 Å². The molecule has 1 saturated heterocycles. The summed E-state index contributed by atoms with van der Waals surface area (Å²) < 4.78 is 20.7. The minimum atomic E-state index is -1.91. The van der Waals surface area contributed by atoms with Crippen LogP contribution >= 0.6 is 0 Å². The molecule has 3 atom stereocenters. The van der Waals surface area contributed by atoms with Gasteiger partial charge in [0.1, 0.15) is 18.0 Å². The molecular weight excluding hydrogens is 257 g/mol. The van der Waals surface area contributed by atoms with E-state index in [2.05, 4.69) is 15.1 Å². The average Bonchev–Trinajstić information content (AvgIpc) is 2.95. The van der Waals surface area contributed by atoms with Crippen LogP contribution in [0.3, 0.4) is 0 Å². The van der Waals surface area contributed by atoms with E-state index in [1.54, 1.807) is 0 Å². The average molecular weight is 269 g/mol. The molecule has 0 bridgehead atoms. The van der Waals surface area contributed by atoms with Gasteiger partial charge in [0.25, 0.3) is 0 Å². The number of nitrogens with two attached hydrogens (primary N) is 1. The summed E-state index contributed by atoms with van der Waals surface area (Å²) in [5.74, 6) is 0.159. The molecule has 0 spiro atoms. The van der Waals surface area contributed by atoms with Crippen molar-refractivity contribution in [2.24, 2.45) is 0 Å². The summed E-state index contributed by atoms with van der Waals surface area (Å²) in [6.45, 7) is -1.03. The van der Waals surface area contributed by atoms with E-state index in [0.29, 0.717) is 5.69 Å². The maximum Gasteiger partial charge on any atom is 0.196 e. The molecule has 1 fully saturated rings. The number of fused-ring (bicyclic) bond motifs is 1. The minimum Gasteiger partial charge on any atom is -0.393 e. The van der Waals surface area contributed by atoms with Gasteiger partial charge in [0.15, 0.2) is 17.6 Å². The van der Waals surface area contributed by atoms with Gasteiger partial charge in [-0.3, -0.25) is 0 Å². The smallest absolute Gasteiger partial charge is 0.196 e. The standard InChI is InChI=1S/C10H12FN5O3/c11-7-6(19-3-10(7,18)2-17)5-1-13-9-8(12)14-4-15-16(5)9/h1,4,6-7,17-18H,2-3H2,(H2,12,14,15)/t6-,7-,10-/m0/s1. The lowest BCUT2D eigenvalue weighted by molar-refractivity contribution is -0.0532. The quantitative estimate of drug-likeness (QED) is 0.629. The number of hydrogen-bond acceptors (Lipinski definition) is 7. The first kappa shape index (κ1) is 12.2. The van der Waals surface area contributed by atoms with Crippen LogP contribution < -0.4 is 5.73 Å². The lowest BCUT2D eigenvalue weighted by atomic mass is 9.98. The number of anilines is 1. The Labute approximate surface area is 106 Å². The Balaban J connectivity index is 2.05. The van der Waals surface area contributed by atoms with Gasteiger partial charge < -0.3 is 20.7 Å². The summed E-state index contributed by atoms with van der Waals surface area (Å²) in [5.41, 5.74) is 4.31. The van der Waals surface area contributed by atoms with Crippen LogP contribution in [0.25, 0.3) is 5.65 Å². The Hall–Kier alpha value is -1.84. The second kappa shape index (κ2) is 4.08. The monoisotopic (exact) mass is 269 g/mol. The highest BCUT2D eigenvalue weighted by Crippen LogP contribution is 2.37. The maximum atomic E-state index is 14.2. The van der Waals surface area contributed by atoms with Crippen molar-refractivity contribution in [1.82, 2.24) is 19.6 Å². The van der Waals surface area contributed by atoms with Crippen LogP contribution in [0.15, 0.2) is 12.5 Å². The number of aliphatic hydroxyl groups is 2. The maximum absolute atomic E-state index is 14.2. The van der Waals surface area contributed by atoms with Gasteiger partial charge in [-0.15, -0.1) is 0 Å². The number of rotatable bonds is 2. The van der Waals surface area contributed by atoms with Crippen LogP contribution in [0.1, 0.15) is 11.8 Å². The van der Waals surface area contributed by atoms with Crippen LogP contribution in [0.4, 0.5) is 10.2 Å². The summed E-state index contributed by atoms with van der Waals surface area (Å²) in [7, 11) is 0. The van der Waals surface area contributed by atoms with Crippen molar-refractivity contribution in [3.8, 4) is 0 Å². The summed E-state index contributed by atoms with van der Waals surface area (Å²) in [6.07, 6.45) is -0.274. The molecule has 9 heteroatoms. The van der Waals surface area contributed by atoms with E-state index in [1.807, 2.05) is 0 Å². The second-order valence-corrected chi connectivity index (χ2v) is 4.46. The number of alkyl halides is 1. The van der Waals surface area contributed by atoms with Gasteiger partial charge in [0.2, 0.25) is 0 Å². The predicted molar refractivity (Wildman–Crippen MR) is 60.8 cm³/mol. The van der Waals surface area contributed by atoms with E-state index >= 15 is 0 Å². The Morgan fingerprint density at radius 2 is 2.37 bits per heavy atom. The topological polar surface area (TPSA) is 119 Å². The molecule has 0 unspecified atom stereocenters. The Kier molecular flexibility index (Phi) is 2.62. The Bertz CT molecular complexity index is 620. The van der Waals surface area contributed by atoms with Crippen LogP contribution in [0.2, 0.25) is 0 Å². The highest BCUT2D eigenvalue weighted by atomic mass is 19.1. The van der Waals surface area contributed by atoms with Gasteiger partial charge in [-0.1, -0.05) is 0 Å². The molecule has 0 aliphatic carbocycles. The molecule has 0 radical (unpaired) electrons. The lowest BCUT2D eigenvalue weighted by Gasteiger charge is -2.21. The fourth-order valence-corrected chi connectivity index (χ4v) is 2.09. The minimum absolute atomic E-state index is 0.159. The molecule has 3 rings (SSSR count). The summed E-state index contributed by atoms with van der Waals surface area (Å²) in [5, 5.41) is 22.8. The van der Waals surface area contributed by atoms with Crippen molar-refractivity contribution in [3.63, 3.8) is 0 Å². The molecule has 19 heavy (non-hydrogen) atoms. The number of aliphatic hydroxyl groups excluding tert-OH is 1. The van der Waals surface area contributed by atoms with Crippen molar-refractivity contribution in [1.29, 1.82) is 0 Å². The van der Waals surface area contributed by atoms with Crippen molar-refractivity contribution in [2.45, 2.75) is 17.9 Å². The predicted octanol–water partition coefficient (Wildman–Crippen LogP) is -1.16. The molecule has 0 amide bonds. The number of halogens is 1. The van der Waals surface area contributed by atoms with Crippen molar-refractivity contribution in [3.05, 3.63) is 18.2 Å². The third-order valence-corrected chi connectivity index (χ3v) is 3.21. The third kappa shape index (κ3) is 1.66. The van der Waals surface area contributed by atoms with E-state index in [9.17, 15) is 9.50 Å². The first-order valence-corrected chi connectivity index (χ1v) is 5.60. The Morgan fingerprint density at radius 1 is 1.58 bits per heavy atom. The molecule has 4 N–H and O–H groups in total. The first-order valence-electron chi connectivity index (χ1n) is 5.60. The second-order valence-electron chi connectivity index (χ2n) is 4.46. The number of aromatic nitrogens is 4. The molecule has 1 aliphatic heterocycles. The summed E-state index contributed by atoms with van der Waals surface area (Å²) >= 11 is 0. The first-order chi connectivity index (χ1) is 9.07. The van der Waals surface area contributed by atoms with Gasteiger partial charge in [0.05, 0.1) is 25.1 Å². The van der Waals surface area contributed by atoms with E-state index in [1.165, 1.54) is 17.0 Å². The SMILES string of the molecule is Nc1ncnn2c([C@@H]3OC[C@@](O)(CO)[C@H]3F)cnc12. The van der Waals surface area contributed by atoms with E-state index in [4.69, 9.17) is 15.6 Å². The fourth-order valence-electron chi connectivity index (χ4n) is 2.09. The lowest BCUT2D eigenvalue weighted by Crippen LogP contribution is -2.43. The zero-order valence-electron chi connectivity index (χ0n) is 9.77. The Morgan fingerprint density at radius 3 is 3.05 bits per heavy atom. The van der Waals surface area contributed by atoms with E-state index < -0.39 is 24.5 Å². The number of imidazole rings is 1. The van der Waals surface area contributed by atoms with E-state index in [0.717, 1.165) is 0 Å². The number of ether oxygens (including phenoxy) is 1. The number of nitrogen functional groups attached to an aromatic ring is 1. The largest absolute Gasteiger partial charge is 0.393 e. The van der Waals surface area contributed by atoms with Crippen LogP contribution in [-0.2, 0) is 4.74 Å². The summed E-state index contributed by atoms with van der Waals surface area (Å²) in [4.78, 5) is 7.76. The fraction of sp³-hybridized carbons (Fsp3) is 0.500. The number of hydrogen-bond donors (Lipinski definition) is 3. The molecular formula is C10H12FN5O3. The van der Waals surface area contributed by atoms with Crippen LogP contribution in [-0.4, -0.2) is 54.8 Å². The van der Waals surface area contributed by atoms with Gasteiger partial charge in [-0.2, -0.15) is 5.10 Å². The molecule has 2 aromatic rings. The molecule has 0 saturated carbocycles. The summed E-state index contributed by atoms with van der Waals surface area (Å²) in [6, 6.07) is 0. The zero-order valence-corrected chi connectivity index (χ0v) is 9.77. The highest BCUT2D eigenvalue weighted by Gasteiger charge is 2.50. The van der Waals surface area contributed by atoms with Crippen molar-refractivity contribution in [2.75, 3.05) is 18.9 Å². The zero-order chi connectivity index (χ0) is 13.6. The molecule has 3 heterocycles.